The lowest BCUT2D eigenvalue weighted by atomic mass is 10.4. The van der Waals surface area contributed by atoms with Crippen molar-refractivity contribution in [2.45, 2.75) is 13.3 Å². The van der Waals surface area contributed by atoms with Crippen LogP contribution in [0, 0.1) is 0 Å². The summed E-state index contributed by atoms with van der Waals surface area (Å²) in [6.07, 6.45) is 2.85. The summed E-state index contributed by atoms with van der Waals surface area (Å²) in [6, 6.07) is 1.90. The average Bonchev–Trinajstić information content (AvgIpc) is 2.47. The van der Waals surface area contributed by atoms with Gasteiger partial charge in [-0.05, 0) is 12.5 Å². The molecule has 2 heterocycles. The number of nitrogens with one attached hydrogen (secondary N) is 2. The Hall–Kier alpha value is -1.40. The summed E-state index contributed by atoms with van der Waals surface area (Å²) in [7, 11) is 0. The molecule has 6 nitrogen and oxygen atoms in total. The van der Waals surface area contributed by atoms with Crippen LogP contribution < -0.4 is 10.6 Å². The van der Waals surface area contributed by atoms with Crippen LogP contribution >= 0.6 is 0 Å². The largest absolute Gasteiger partial charge is 0.379 e. The zero-order valence-electron chi connectivity index (χ0n) is 11.6. The van der Waals surface area contributed by atoms with Crippen molar-refractivity contribution in [1.29, 1.82) is 0 Å². The van der Waals surface area contributed by atoms with Gasteiger partial charge in [0.1, 0.15) is 5.82 Å². The van der Waals surface area contributed by atoms with Crippen LogP contribution in [0.2, 0.25) is 0 Å². The minimum absolute atomic E-state index is 0.693. The van der Waals surface area contributed by atoms with Gasteiger partial charge in [0.25, 0.3) is 0 Å². The normalized spacial score (nSPS) is 16.3. The Morgan fingerprint density at radius 2 is 2.11 bits per heavy atom. The first-order chi connectivity index (χ1) is 9.38. The molecule has 1 fully saturated rings. The highest BCUT2D eigenvalue weighted by Gasteiger charge is 2.09. The van der Waals surface area contributed by atoms with E-state index >= 15 is 0 Å². The number of nitrogens with zero attached hydrogens (tertiary/aromatic N) is 3. The van der Waals surface area contributed by atoms with Crippen LogP contribution in [-0.2, 0) is 4.74 Å². The third-order valence-electron chi connectivity index (χ3n) is 3.03. The highest BCUT2D eigenvalue weighted by atomic mass is 16.5. The highest BCUT2D eigenvalue weighted by Crippen LogP contribution is 2.05. The van der Waals surface area contributed by atoms with E-state index in [9.17, 15) is 0 Å². The van der Waals surface area contributed by atoms with Crippen LogP contribution in [0.15, 0.2) is 12.3 Å². The van der Waals surface area contributed by atoms with Crippen molar-refractivity contribution in [3.63, 3.8) is 0 Å². The lowest BCUT2D eigenvalue weighted by Crippen LogP contribution is -2.39. The Labute approximate surface area is 114 Å². The maximum absolute atomic E-state index is 5.33. The van der Waals surface area contributed by atoms with Gasteiger partial charge in [-0.15, -0.1) is 0 Å². The van der Waals surface area contributed by atoms with Gasteiger partial charge >= 0.3 is 0 Å². The van der Waals surface area contributed by atoms with E-state index < -0.39 is 0 Å². The van der Waals surface area contributed by atoms with Crippen molar-refractivity contribution in [3.05, 3.63) is 12.3 Å². The first-order valence-corrected chi connectivity index (χ1v) is 6.99. The maximum Gasteiger partial charge on any atom is 0.224 e. The molecule has 0 aliphatic carbocycles. The van der Waals surface area contributed by atoms with E-state index in [1.54, 1.807) is 6.20 Å². The fourth-order valence-corrected chi connectivity index (χ4v) is 1.95. The van der Waals surface area contributed by atoms with Gasteiger partial charge in [0, 0.05) is 38.9 Å². The Balaban J connectivity index is 1.72. The van der Waals surface area contributed by atoms with Crippen LogP contribution in [0.1, 0.15) is 13.3 Å². The van der Waals surface area contributed by atoms with E-state index in [0.717, 1.165) is 58.2 Å². The molecule has 0 saturated carbocycles. The predicted molar refractivity (Wildman–Crippen MR) is 76.6 cm³/mol. The lowest BCUT2D eigenvalue weighted by Gasteiger charge is -2.26. The van der Waals surface area contributed by atoms with Crippen LogP contribution in [-0.4, -0.2) is 60.8 Å². The van der Waals surface area contributed by atoms with Crippen molar-refractivity contribution in [2.75, 3.05) is 56.6 Å². The number of ether oxygens (including phenoxy) is 1. The van der Waals surface area contributed by atoms with Crippen molar-refractivity contribution in [2.24, 2.45) is 0 Å². The van der Waals surface area contributed by atoms with Gasteiger partial charge in [0.05, 0.1) is 13.2 Å². The monoisotopic (exact) mass is 265 g/mol. The number of hydrogen-bond donors (Lipinski definition) is 2. The highest BCUT2D eigenvalue weighted by molar-refractivity contribution is 5.39. The van der Waals surface area contributed by atoms with Gasteiger partial charge in [0.2, 0.25) is 5.95 Å². The molecule has 1 aromatic rings. The minimum atomic E-state index is 0.693. The summed E-state index contributed by atoms with van der Waals surface area (Å²) in [5.74, 6) is 1.57. The smallest absolute Gasteiger partial charge is 0.224 e. The van der Waals surface area contributed by atoms with Gasteiger partial charge < -0.3 is 15.4 Å². The molecule has 19 heavy (non-hydrogen) atoms. The molecule has 0 atom stereocenters. The molecule has 2 rings (SSSR count). The summed E-state index contributed by atoms with van der Waals surface area (Å²) in [4.78, 5) is 11.0. The zero-order chi connectivity index (χ0) is 13.3. The molecule has 2 N–H and O–H groups in total. The topological polar surface area (TPSA) is 62.3 Å². The zero-order valence-corrected chi connectivity index (χ0v) is 11.6. The third-order valence-corrected chi connectivity index (χ3v) is 3.03. The fraction of sp³-hybridized carbons (Fsp3) is 0.692. The van der Waals surface area contributed by atoms with Crippen molar-refractivity contribution < 1.29 is 4.74 Å². The summed E-state index contributed by atoms with van der Waals surface area (Å²) >= 11 is 0. The van der Waals surface area contributed by atoms with Crippen LogP contribution in [0.5, 0.6) is 0 Å². The predicted octanol–water partition coefficient (Wildman–Crippen LogP) is 1.04. The SMILES string of the molecule is CCCNc1nccc(NCCN2CCOCC2)n1. The summed E-state index contributed by atoms with van der Waals surface area (Å²) in [5, 5.41) is 6.52. The lowest BCUT2D eigenvalue weighted by molar-refractivity contribution is 0.0398. The van der Waals surface area contributed by atoms with E-state index in [2.05, 4.69) is 32.4 Å². The molecule has 1 aromatic heterocycles. The van der Waals surface area contributed by atoms with Gasteiger partial charge in [-0.1, -0.05) is 6.92 Å². The summed E-state index contributed by atoms with van der Waals surface area (Å²) in [6.45, 7) is 8.67. The molecule has 106 valence electrons. The second kappa shape index (κ2) is 7.91. The fourth-order valence-electron chi connectivity index (χ4n) is 1.95. The second-order valence-electron chi connectivity index (χ2n) is 4.57. The van der Waals surface area contributed by atoms with Crippen LogP contribution in [0.4, 0.5) is 11.8 Å². The van der Waals surface area contributed by atoms with E-state index in [0.29, 0.717) is 5.95 Å². The number of anilines is 2. The molecule has 1 aliphatic heterocycles. The Morgan fingerprint density at radius 1 is 1.26 bits per heavy atom. The van der Waals surface area contributed by atoms with Gasteiger partial charge in [-0.25, -0.2) is 4.98 Å². The second-order valence-corrected chi connectivity index (χ2v) is 4.57. The van der Waals surface area contributed by atoms with Gasteiger partial charge in [-0.3, -0.25) is 4.90 Å². The van der Waals surface area contributed by atoms with E-state index in [1.165, 1.54) is 0 Å². The minimum Gasteiger partial charge on any atom is -0.379 e. The van der Waals surface area contributed by atoms with Gasteiger partial charge in [0.15, 0.2) is 0 Å². The molecule has 6 heteroatoms. The Morgan fingerprint density at radius 3 is 2.89 bits per heavy atom. The Kier molecular flexibility index (Phi) is 5.84. The van der Waals surface area contributed by atoms with Crippen molar-refractivity contribution in [3.8, 4) is 0 Å². The molecule has 0 bridgehead atoms. The quantitative estimate of drug-likeness (QED) is 0.768. The maximum atomic E-state index is 5.33. The average molecular weight is 265 g/mol. The van der Waals surface area contributed by atoms with Crippen molar-refractivity contribution in [1.82, 2.24) is 14.9 Å². The summed E-state index contributed by atoms with van der Waals surface area (Å²) < 4.78 is 5.33. The van der Waals surface area contributed by atoms with Crippen LogP contribution in [0.3, 0.4) is 0 Å². The first-order valence-electron chi connectivity index (χ1n) is 6.99. The number of morpholine rings is 1. The Bertz CT molecular complexity index is 368. The standard InChI is InChI=1S/C13H23N5O/c1-2-4-15-13-16-5-3-12(17-13)14-6-7-18-8-10-19-11-9-18/h3,5H,2,4,6-11H2,1H3,(H2,14,15,16,17). The first kappa shape index (κ1) is 14.0. The molecular weight excluding hydrogens is 242 g/mol. The third kappa shape index (κ3) is 5.00. The molecule has 0 spiro atoms. The molecule has 0 aromatic carbocycles. The molecular formula is C13H23N5O. The molecule has 0 amide bonds. The van der Waals surface area contributed by atoms with Crippen molar-refractivity contribution >= 4 is 11.8 Å². The van der Waals surface area contributed by atoms with E-state index in [-0.39, 0.29) is 0 Å². The molecule has 1 saturated heterocycles. The van der Waals surface area contributed by atoms with Gasteiger partial charge in [-0.2, -0.15) is 4.98 Å². The molecule has 0 unspecified atom stereocenters. The molecule has 1 aliphatic rings. The number of rotatable bonds is 7. The molecule has 0 radical (unpaired) electrons. The van der Waals surface area contributed by atoms with Crippen LogP contribution in [0.25, 0.3) is 0 Å². The van der Waals surface area contributed by atoms with E-state index in [4.69, 9.17) is 4.74 Å². The summed E-state index contributed by atoms with van der Waals surface area (Å²) in [5.41, 5.74) is 0. The number of hydrogen-bond acceptors (Lipinski definition) is 6. The van der Waals surface area contributed by atoms with E-state index in [1.807, 2.05) is 6.07 Å². The number of aromatic nitrogens is 2.